The molecule has 0 aromatic carbocycles. The van der Waals surface area contributed by atoms with Gasteiger partial charge < -0.3 is 26.3 Å². The monoisotopic (exact) mass is 628 g/mol. The van der Waals surface area contributed by atoms with Crippen molar-refractivity contribution in [1.82, 2.24) is 5.32 Å². The van der Waals surface area contributed by atoms with Crippen molar-refractivity contribution in [1.29, 1.82) is 0 Å². The topological polar surface area (TPSA) is 82.5 Å². The molecule has 0 fully saturated rings. The van der Waals surface area contributed by atoms with Crippen LogP contribution in [0.3, 0.4) is 0 Å². The zero-order chi connectivity index (χ0) is 32.3. The van der Waals surface area contributed by atoms with E-state index < -0.39 is 0 Å². The van der Waals surface area contributed by atoms with Crippen LogP contribution in [0, 0.1) is 0 Å². The lowest BCUT2D eigenvalue weighted by atomic mass is 10.0. The summed E-state index contributed by atoms with van der Waals surface area (Å²) >= 11 is 0. The largest absolute Gasteiger partial charge is 0.381 e. The average molecular weight is 628 g/mol. The highest BCUT2D eigenvalue weighted by atomic mass is 16.5. The third kappa shape index (κ3) is 48.7. The molecule has 0 aliphatic rings. The lowest BCUT2D eigenvalue weighted by molar-refractivity contribution is 0.127. The second-order valence-corrected chi connectivity index (χ2v) is 13.1. The van der Waals surface area contributed by atoms with Gasteiger partial charge in [0.1, 0.15) is 0 Å². The van der Waals surface area contributed by atoms with Crippen LogP contribution in [-0.2, 0) is 9.47 Å². The van der Waals surface area contributed by atoms with Crippen molar-refractivity contribution in [2.75, 3.05) is 52.6 Å². The Balaban J connectivity index is 0. The van der Waals surface area contributed by atoms with Gasteiger partial charge in [0.15, 0.2) is 0 Å². The Morgan fingerprint density at radius 2 is 0.591 bits per heavy atom. The molecule has 5 heteroatoms. The molecule has 0 saturated heterocycles. The van der Waals surface area contributed by atoms with Gasteiger partial charge in [-0.1, -0.05) is 168 Å². The molecular weight excluding hydrogens is 542 g/mol. The molecule has 0 aliphatic heterocycles. The van der Waals surface area contributed by atoms with E-state index in [2.05, 4.69) is 19.2 Å². The maximum absolute atomic E-state index is 5.58. The van der Waals surface area contributed by atoms with Gasteiger partial charge in [-0.25, -0.2) is 0 Å². The van der Waals surface area contributed by atoms with E-state index in [9.17, 15) is 0 Å². The van der Waals surface area contributed by atoms with Gasteiger partial charge in [0.05, 0.1) is 0 Å². The fraction of sp³-hybridized carbons (Fsp3) is 1.00. The average Bonchev–Trinajstić information content (AvgIpc) is 3.04. The quantitative estimate of drug-likeness (QED) is 0.0593. The molecule has 0 amide bonds. The maximum atomic E-state index is 5.58. The van der Waals surface area contributed by atoms with E-state index in [1.807, 2.05) is 0 Å². The second-order valence-electron chi connectivity index (χ2n) is 13.1. The Hall–Kier alpha value is -0.200. The Morgan fingerprint density at radius 1 is 0.318 bits per heavy atom. The van der Waals surface area contributed by atoms with Gasteiger partial charge in [0, 0.05) is 26.4 Å². The highest BCUT2D eigenvalue weighted by molar-refractivity contribution is 4.52. The van der Waals surface area contributed by atoms with Crippen LogP contribution in [0.4, 0.5) is 0 Å². The molecule has 0 radical (unpaired) electrons. The van der Waals surface area contributed by atoms with Gasteiger partial charge in [0.2, 0.25) is 0 Å². The van der Waals surface area contributed by atoms with Gasteiger partial charge in [0.25, 0.3) is 0 Å². The predicted octanol–water partition coefficient (Wildman–Crippen LogP) is 10.9. The Bertz CT molecular complexity index is 415. The van der Waals surface area contributed by atoms with Crippen LogP contribution in [0.5, 0.6) is 0 Å². The van der Waals surface area contributed by atoms with Crippen molar-refractivity contribution < 1.29 is 9.47 Å². The zero-order valence-electron chi connectivity index (χ0n) is 30.6. The van der Waals surface area contributed by atoms with Crippen LogP contribution >= 0.6 is 0 Å². The molecule has 0 bridgehead atoms. The van der Waals surface area contributed by atoms with Crippen molar-refractivity contribution >= 4 is 0 Å². The van der Waals surface area contributed by atoms with E-state index >= 15 is 0 Å². The number of nitrogens with one attached hydrogen (secondary N) is 1. The van der Waals surface area contributed by atoms with Crippen molar-refractivity contribution in [3.63, 3.8) is 0 Å². The molecule has 5 nitrogen and oxygen atoms in total. The van der Waals surface area contributed by atoms with Crippen molar-refractivity contribution in [3.05, 3.63) is 0 Å². The highest BCUT2D eigenvalue weighted by Crippen LogP contribution is 2.15. The predicted molar refractivity (Wildman–Crippen MR) is 198 cm³/mol. The number of ether oxygens (including phenoxy) is 2. The Morgan fingerprint density at radius 3 is 0.932 bits per heavy atom. The van der Waals surface area contributed by atoms with Gasteiger partial charge in [-0.3, -0.25) is 0 Å². The molecule has 268 valence electrons. The fourth-order valence-corrected chi connectivity index (χ4v) is 5.48. The molecule has 0 spiro atoms. The Kier molecular flexibility index (Phi) is 49.3. The van der Waals surface area contributed by atoms with E-state index in [0.29, 0.717) is 0 Å². The number of unbranched alkanes of at least 4 members (excludes halogenated alkanes) is 24. The van der Waals surface area contributed by atoms with Crippen molar-refractivity contribution in [3.8, 4) is 0 Å². The third-order valence-electron chi connectivity index (χ3n) is 8.48. The van der Waals surface area contributed by atoms with Gasteiger partial charge in [-0.2, -0.15) is 0 Å². The molecule has 0 aromatic heterocycles. The first-order valence-corrected chi connectivity index (χ1v) is 20.1. The summed E-state index contributed by atoms with van der Waals surface area (Å²) in [6, 6.07) is 0. The molecule has 5 N–H and O–H groups in total. The number of hydrogen-bond donors (Lipinski definition) is 3. The van der Waals surface area contributed by atoms with Crippen LogP contribution < -0.4 is 16.8 Å². The van der Waals surface area contributed by atoms with Crippen LogP contribution in [-0.4, -0.2) is 52.6 Å². The molecule has 0 atom stereocenters. The molecule has 0 unspecified atom stereocenters. The summed E-state index contributed by atoms with van der Waals surface area (Å²) in [5.41, 5.74) is 10.8. The van der Waals surface area contributed by atoms with Gasteiger partial charge in [-0.15, -0.1) is 0 Å². The summed E-state index contributed by atoms with van der Waals surface area (Å²) in [5.74, 6) is 0. The van der Waals surface area contributed by atoms with Gasteiger partial charge >= 0.3 is 0 Å². The van der Waals surface area contributed by atoms with Crippen LogP contribution in [0.2, 0.25) is 0 Å². The highest BCUT2D eigenvalue weighted by Gasteiger charge is 1.96. The summed E-state index contributed by atoms with van der Waals surface area (Å²) in [6.07, 6.45) is 39.9. The minimum absolute atomic E-state index is 0.749. The summed E-state index contributed by atoms with van der Waals surface area (Å²) in [5, 5.41) is 3.35. The number of hydrogen-bond acceptors (Lipinski definition) is 5. The summed E-state index contributed by atoms with van der Waals surface area (Å²) in [7, 11) is 0. The second kappa shape index (κ2) is 47.2. The molecule has 0 aromatic rings. The summed E-state index contributed by atoms with van der Waals surface area (Å²) in [4.78, 5) is 0. The fourth-order valence-electron chi connectivity index (χ4n) is 5.48. The van der Waals surface area contributed by atoms with Crippen molar-refractivity contribution in [2.45, 2.75) is 200 Å². The van der Waals surface area contributed by atoms with E-state index in [4.69, 9.17) is 20.9 Å². The molecule has 0 aliphatic carbocycles. The zero-order valence-corrected chi connectivity index (χ0v) is 30.6. The minimum atomic E-state index is 0.749. The first-order valence-electron chi connectivity index (χ1n) is 20.1. The molecular formula is C39H85N3O2. The molecule has 0 saturated carbocycles. The van der Waals surface area contributed by atoms with Crippen molar-refractivity contribution in [2.24, 2.45) is 11.5 Å². The van der Waals surface area contributed by atoms with E-state index in [1.165, 1.54) is 167 Å². The van der Waals surface area contributed by atoms with Crippen LogP contribution in [0.1, 0.15) is 200 Å². The lowest BCUT2D eigenvalue weighted by Crippen LogP contribution is -2.20. The van der Waals surface area contributed by atoms with Crippen LogP contribution in [0.25, 0.3) is 0 Å². The molecule has 44 heavy (non-hydrogen) atoms. The first-order chi connectivity index (χ1) is 21.8. The molecule has 0 heterocycles. The third-order valence-corrected chi connectivity index (χ3v) is 8.48. The van der Waals surface area contributed by atoms with Gasteiger partial charge in [-0.05, 0) is 58.3 Å². The normalized spacial score (nSPS) is 11.2. The van der Waals surface area contributed by atoms with E-state index in [1.54, 1.807) is 0 Å². The summed E-state index contributed by atoms with van der Waals surface area (Å²) in [6.45, 7) is 11.8. The number of rotatable bonds is 38. The standard InChI is InChI=1S/C25H53NO.C14H32N2O/c1-2-3-4-5-6-7-8-9-10-11-12-13-14-15-16-17-18-19-20-21-24-27-25-22-23-26;1-2-3-4-5-6-7-13-17-14-9-12-16-11-8-10-15/h2-26H2,1H3;16H,2-15H2,1H3. The van der Waals surface area contributed by atoms with E-state index in [-0.39, 0.29) is 0 Å². The SMILES string of the molecule is CCCCCCCCCCCCCCCCCCCCCCOCCCN.CCCCCCCCOCCCNCCCN. The molecule has 0 rings (SSSR count). The lowest BCUT2D eigenvalue weighted by Gasteiger charge is -2.05. The maximum Gasteiger partial charge on any atom is 0.0478 e. The number of nitrogens with two attached hydrogens (primary N) is 2. The minimum Gasteiger partial charge on any atom is -0.381 e. The Labute approximate surface area is 278 Å². The summed E-state index contributed by atoms with van der Waals surface area (Å²) < 4.78 is 11.1. The first kappa shape index (κ1) is 45.9. The smallest absolute Gasteiger partial charge is 0.0478 e. The van der Waals surface area contributed by atoms with Crippen LogP contribution in [0.15, 0.2) is 0 Å². The van der Waals surface area contributed by atoms with E-state index in [0.717, 1.165) is 71.9 Å².